The maximum atomic E-state index is 11.2. The number of thiol groups is 1. The van der Waals surface area contributed by atoms with Crippen molar-refractivity contribution in [2.24, 2.45) is 5.73 Å². The van der Waals surface area contributed by atoms with Gasteiger partial charge in [0, 0.05) is 23.1 Å². The monoisotopic (exact) mass is 300 g/mol. The van der Waals surface area contributed by atoms with Gasteiger partial charge in [-0.3, -0.25) is 9.63 Å². The minimum atomic E-state index is -0.563. The highest BCUT2D eigenvalue weighted by Gasteiger charge is 2.22. The molecule has 2 atom stereocenters. The predicted octanol–water partition coefficient (Wildman–Crippen LogP) is 2.40. The molecule has 1 aromatic heterocycles. The summed E-state index contributed by atoms with van der Waals surface area (Å²) in [5, 5.41) is 3.65. The molecule has 0 unspecified atom stereocenters. The number of anilines is 2. The molecule has 1 amide bonds. The van der Waals surface area contributed by atoms with Crippen molar-refractivity contribution >= 4 is 41.9 Å². The molecule has 0 spiro atoms. The van der Waals surface area contributed by atoms with Crippen LogP contribution in [0.15, 0.2) is 12.1 Å². The predicted molar refractivity (Wildman–Crippen MR) is 80.9 cm³/mol. The molecule has 0 radical (unpaired) electrons. The minimum absolute atomic E-state index is 0.269. The Kier molecular flexibility index (Phi) is 4.76. The van der Waals surface area contributed by atoms with Gasteiger partial charge >= 0.3 is 0 Å². The molecular weight excluding hydrogens is 284 g/mol. The molecule has 4 N–H and O–H groups in total. The van der Waals surface area contributed by atoms with Crippen molar-refractivity contribution in [2.45, 2.75) is 37.0 Å². The van der Waals surface area contributed by atoms with E-state index in [0.717, 1.165) is 12.8 Å². The second kappa shape index (κ2) is 6.34. The van der Waals surface area contributed by atoms with E-state index < -0.39 is 5.91 Å². The largest absolute Gasteiger partial charge is 0.366 e. The Balaban J connectivity index is 2.14. The van der Waals surface area contributed by atoms with E-state index >= 15 is 0 Å². The number of nitrogens with one attached hydrogen (secondary N) is 2. The Labute approximate surface area is 122 Å². The van der Waals surface area contributed by atoms with E-state index in [2.05, 4.69) is 27.8 Å². The van der Waals surface area contributed by atoms with Crippen LogP contribution in [0.5, 0.6) is 0 Å². The van der Waals surface area contributed by atoms with E-state index in [1.54, 1.807) is 12.1 Å². The number of amides is 1. The third-order valence-corrected chi connectivity index (χ3v) is 4.11. The summed E-state index contributed by atoms with van der Waals surface area (Å²) in [6.45, 7) is 0. The van der Waals surface area contributed by atoms with Crippen LogP contribution in [-0.4, -0.2) is 22.2 Å². The van der Waals surface area contributed by atoms with Crippen molar-refractivity contribution in [3.63, 3.8) is 0 Å². The molecule has 1 aromatic rings. The molecular formula is C12H17ClN4OS. The lowest BCUT2D eigenvalue weighted by atomic mass is 9.95. The Bertz CT molecular complexity index is 471. The maximum absolute atomic E-state index is 11.2. The van der Waals surface area contributed by atoms with Crippen molar-refractivity contribution in [1.29, 1.82) is 0 Å². The summed E-state index contributed by atoms with van der Waals surface area (Å²) in [6.07, 6.45) is 4.57. The number of nitrogens with zero attached hydrogens (tertiary/aromatic N) is 1. The molecule has 1 saturated carbocycles. The molecule has 1 aliphatic rings. The lowest BCUT2D eigenvalue weighted by molar-refractivity contribution is 0.100. The first-order valence-electron chi connectivity index (χ1n) is 6.24. The highest BCUT2D eigenvalue weighted by Crippen LogP contribution is 2.26. The highest BCUT2D eigenvalue weighted by molar-refractivity contribution is 7.81. The molecule has 0 saturated heterocycles. The van der Waals surface area contributed by atoms with Crippen molar-refractivity contribution in [3.8, 4) is 0 Å². The molecule has 19 heavy (non-hydrogen) atoms. The Hall–Kier alpha value is -1.14. The number of primary amides is 1. The summed E-state index contributed by atoms with van der Waals surface area (Å²) in [7, 11) is 0. The molecule has 0 bridgehead atoms. The Morgan fingerprint density at radius 1 is 1.42 bits per heavy atom. The highest BCUT2D eigenvalue weighted by atomic mass is 35.5. The van der Waals surface area contributed by atoms with E-state index in [9.17, 15) is 4.79 Å². The van der Waals surface area contributed by atoms with Gasteiger partial charge in [-0.2, -0.15) is 12.6 Å². The number of rotatable bonds is 4. The van der Waals surface area contributed by atoms with Gasteiger partial charge < -0.3 is 11.1 Å². The molecule has 1 heterocycles. The van der Waals surface area contributed by atoms with Crippen LogP contribution in [0.3, 0.4) is 0 Å². The van der Waals surface area contributed by atoms with Crippen LogP contribution in [0, 0.1) is 0 Å². The van der Waals surface area contributed by atoms with E-state index in [1.165, 1.54) is 12.8 Å². The zero-order chi connectivity index (χ0) is 13.8. The summed E-state index contributed by atoms with van der Waals surface area (Å²) in [6, 6.07) is 3.62. The lowest BCUT2D eigenvalue weighted by Crippen LogP contribution is -2.33. The van der Waals surface area contributed by atoms with Gasteiger partial charge in [-0.1, -0.05) is 12.8 Å². The average Bonchev–Trinajstić information content (AvgIpc) is 2.41. The zero-order valence-electron chi connectivity index (χ0n) is 10.4. The van der Waals surface area contributed by atoms with Crippen molar-refractivity contribution < 1.29 is 4.79 Å². The van der Waals surface area contributed by atoms with Gasteiger partial charge in [0.25, 0.3) is 5.91 Å². The number of carbonyl (C=O) groups is 1. The molecule has 1 fully saturated rings. The van der Waals surface area contributed by atoms with Crippen LogP contribution < -0.4 is 15.9 Å². The summed E-state index contributed by atoms with van der Waals surface area (Å²) in [5.41, 5.74) is 5.51. The SMILES string of the molecule is NC(=O)c1ccc(N[C@@H]2CCCC[C@@H]2S)nc1NCl. The van der Waals surface area contributed by atoms with Crippen LogP contribution >= 0.6 is 24.4 Å². The fourth-order valence-corrected chi connectivity index (χ4v) is 2.83. The topological polar surface area (TPSA) is 80.0 Å². The molecule has 5 nitrogen and oxygen atoms in total. The average molecular weight is 301 g/mol. The second-order valence-corrected chi connectivity index (χ2v) is 5.51. The van der Waals surface area contributed by atoms with Gasteiger partial charge in [-0.05, 0) is 25.0 Å². The Morgan fingerprint density at radius 3 is 2.79 bits per heavy atom. The van der Waals surface area contributed by atoms with Gasteiger partial charge in [0.2, 0.25) is 0 Å². The number of hydrogen-bond donors (Lipinski definition) is 4. The third kappa shape index (κ3) is 3.45. The number of carbonyl (C=O) groups excluding carboxylic acids is 1. The first-order chi connectivity index (χ1) is 9.11. The lowest BCUT2D eigenvalue weighted by Gasteiger charge is -2.29. The standard InChI is InChI=1S/C12H17ClN4OS/c13-17-12-7(11(14)18)5-6-10(16-12)15-8-3-1-2-4-9(8)19/h5-6,8-9,19H,1-4H2,(H2,14,18)(H2,15,16,17)/t8-,9+/m1/s1. The normalized spacial score (nSPS) is 22.8. The van der Waals surface area contributed by atoms with Crippen molar-refractivity contribution in [2.75, 3.05) is 10.2 Å². The van der Waals surface area contributed by atoms with Gasteiger partial charge in [0.05, 0.1) is 5.56 Å². The minimum Gasteiger partial charge on any atom is -0.366 e. The van der Waals surface area contributed by atoms with Crippen LogP contribution in [-0.2, 0) is 0 Å². The molecule has 7 heteroatoms. The van der Waals surface area contributed by atoms with Crippen LogP contribution in [0.2, 0.25) is 0 Å². The molecule has 104 valence electrons. The number of pyridine rings is 1. The fraction of sp³-hybridized carbons (Fsp3) is 0.500. The summed E-state index contributed by atoms with van der Waals surface area (Å²) >= 11 is 10.1. The van der Waals surface area contributed by atoms with Crippen LogP contribution in [0.1, 0.15) is 36.0 Å². The molecule has 0 aromatic carbocycles. The van der Waals surface area contributed by atoms with E-state index in [-0.39, 0.29) is 17.4 Å². The number of halogens is 1. The number of nitrogens with two attached hydrogens (primary N) is 1. The molecule has 0 aliphatic heterocycles. The smallest absolute Gasteiger partial charge is 0.252 e. The fourth-order valence-electron chi connectivity index (χ4n) is 2.28. The summed E-state index contributed by atoms with van der Waals surface area (Å²) in [4.78, 5) is 17.8. The third-order valence-electron chi connectivity index (χ3n) is 3.31. The Morgan fingerprint density at radius 2 is 2.16 bits per heavy atom. The quantitative estimate of drug-likeness (QED) is 0.508. The van der Waals surface area contributed by atoms with Crippen LogP contribution in [0.4, 0.5) is 11.6 Å². The summed E-state index contributed by atoms with van der Waals surface area (Å²) < 4.78 is 0. The van der Waals surface area contributed by atoms with Gasteiger partial charge in [0.15, 0.2) is 5.82 Å². The maximum Gasteiger partial charge on any atom is 0.252 e. The molecule has 1 aliphatic carbocycles. The van der Waals surface area contributed by atoms with Crippen molar-refractivity contribution in [1.82, 2.24) is 4.98 Å². The van der Waals surface area contributed by atoms with E-state index in [4.69, 9.17) is 17.5 Å². The zero-order valence-corrected chi connectivity index (χ0v) is 12.0. The van der Waals surface area contributed by atoms with Gasteiger partial charge in [0.1, 0.15) is 5.82 Å². The first kappa shape index (κ1) is 14.3. The van der Waals surface area contributed by atoms with Crippen molar-refractivity contribution in [3.05, 3.63) is 17.7 Å². The number of hydrogen-bond acceptors (Lipinski definition) is 5. The first-order valence-corrected chi connectivity index (χ1v) is 7.13. The number of aromatic nitrogens is 1. The summed E-state index contributed by atoms with van der Waals surface area (Å²) in [5.74, 6) is 0.372. The second-order valence-electron chi connectivity index (χ2n) is 4.65. The van der Waals surface area contributed by atoms with Crippen LogP contribution in [0.25, 0.3) is 0 Å². The van der Waals surface area contributed by atoms with Gasteiger partial charge in [-0.25, -0.2) is 4.98 Å². The van der Waals surface area contributed by atoms with Gasteiger partial charge in [-0.15, -0.1) is 0 Å². The van der Waals surface area contributed by atoms with E-state index in [1.807, 2.05) is 0 Å². The van der Waals surface area contributed by atoms with E-state index in [0.29, 0.717) is 11.1 Å². The molecule has 2 rings (SSSR count).